The van der Waals surface area contributed by atoms with Gasteiger partial charge < -0.3 is 5.73 Å². The molecule has 0 aliphatic heterocycles. The summed E-state index contributed by atoms with van der Waals surface area (Å²) in [5.74, 6) is 0.127. The van der Waals surface area contributed by atoms with Crippen LogP contribution in [0, 0.1) is 6.92 Å². The largest absolute Gasteiger partial charge is 0.399 e. The monoisotopic (exact) mass is 309 g/mol. The average molecular weight is 310 g/mol. The summed E-state index contributed by atoms with van der Waals surface area (Å²) < 4.78 is 1.05. The molecule has 0 spiro atoms. The Balaban J connectivity index is 2.17. The molecule has 0 amide bonds. The Kier molecular flexibility index (Phi) is 3.64. The summed E-state index contributed by atoms with van der Waals surface area (Å²) in [6, 6.07) is 9.35. The van der Waals surface area contributed by atoms with Crippen LogP contribution in [0.3, 0.4) is 0 Å². The van der Waals surface area contributed by atoms with Gasteiger partial charge in [0, 0.05) is 22.5 Å². The summed E-state index contributed by atoms with van der Waals surface area (Å²) in [6.07, 6.45) is 0.444. The topological polar surface area (TPSA) is 43.1 Å². The number of carbonyl (C=O) groups excluding carboxylic acids is 1. The van der Waals surface area contributed by atoms with Crippen LogP contribution in [0.2, 0.25) is 0 Å². The van der Waals surface area contributed by atoms with Crippen molar-refractivity contribution in [2.24, 2.45) is 0 Å². The first-order valence-electron chi connectivity index (χ1n) is 5.20. The number of Topliss-reactive ketones (excluding diaryl/α,β-unsaturated/α-hetero) is 1. The number of thiophene rings is 1. The summed E-state index contributed by atoms with van der Waals surface area (Å²) in [4.78, 5) is 13.1. The van der Waals surface area contributed by atoms with Gasteiger partial charge in [0.25, 0.3) is 0 Å². The van der Waals surface area contributed by atoms with Crippen molar-refractivity contribution >= 4 is 38.7 Å². The first-order chi connectivity index (χ1) is 8.06. The summed E-state index contributed by atoms with van der Waals surface area (Å²) in [7, 11) is 0. The molecule has 0 atom stereocenters. The van der Waals surface area contributed by atoms with E-state index in [1.807, 2.05) is 25.1 Å². The number of nitrogens with two attached hydrogens (primary N) is 1. The Morgan fingerprint density at radius 2 is 2.12 bits per heavy atom. The second-order valence-corrected chi connectivity index (χ2v) is 6.42. The van der Waals surface area contributed by atoms with E-state index in [4.69, 9.17) is 5.73 Å². The van der Waals surface area contributed by atoms with E-state index in [0.29, 0.717) is 6.42 Å². The second kappa shape index (κ2) is 5.02. The standard InChI is InChI=1S/C13H12BrNOS/c1-8-6-9(2-4-11(8)15)12(16)7-10-3-5-13(14)17-10/h2-6H,7,15H2,1H3. The van der Waals surface area contributed by atoms with Crippen molar-refractivity contribution in [2.75, 3.05) is 5.73 Å². The molecule has 2 aromatic rings. The molecule has 0 fully saturated rings. The molecule has 1 heterocycles. The number of aryl methyl sites for hydroxylation is 1. The number of hydrogen-bond donors (Lipinski definition) is 1. The first-order valence-corrected chi connectivity index (χ1v) is 6.81. The summed E-state index contributed by atoms with van der Waals surface area (Å²) in [5, 5.41) is 0. The van der Waals surface area contributed by atoms with Gasteiger partial charge in [-0.15, -0.1) is 11.3 Å². The highest BCUT2D eigenvalue weighted by Crippen LogP contribution is 2.23. The highest BCUT2D eigenvalue weighted by atomic mass is 79.9. The molecular formula is C13H12BrNOS. The van der Waals surface area contributed by atoms with Crippen LogP contribution in [0.25, 0.3) is 0 Å². The summed E-state index contributed by atoms with van der Waals surface area (Å²) in [5.41, 5.74) is 8.12. The minimum Gasteiger partial charge on any atom is -0.399 e. The third-order valence-corrected chi connectivity index (χ3v) is 4.18. The van der Waals surface area contributed by atoms with E-state index in [0.717, 1.165) is 25.5 Å². The van der Waals surface area contributed by atoms with Crippen molar-refractivity contribution in [3.05, 3.63) is 50.1 Å². The Hall–Kier alpha value is -1.13. The summed E-state index contributed by atoms with van der Waals surface area (Å²) in [6.45, 7) is 1.91. The van der Waals surface area contributed by atoms with Crippen LogP contribution in [-0.4, -0.2) is 5.78 Å². The van der Waals surface area contributed by atoms with Gasteiger partial charge in [-0.2, -0.15) is 0 Å². The van der Waals surface area contributed by atoms with Gasteiger partial charge in [-0.1, -0.05) is 0 Å². The first kappa shape index (κ1) is 12.3. The van der Waals surface area contributed by atoms with Crippen LogP contribution in [0.5, 0.6) is 0 Å². The molecule has 17 heavy (non-hydrogen) atoms. The molecule has 1 aromatic carbocycles. The molecule has 2 nitrogen and oxygen atoms in total. The van der Waals surface area contributed by atoms with E-state index in [1.54, 1.807) is 23.5 Å². The van der Waals surface area contributed by atoms with E-state index in [1.165, 1.54) is 0 Å². The molecule has 2 N–H and O–H groups in total. The lowest BCUT2D eigenvalue weighted by Gasteiger charge is -2.03. The fraction of sp³-hybridized carbons (Fsp3) is 0.154. The number of halogens is 1. The molecule has 2 rings (SSSR count). The molecule has 0 unspecified atom stereocenters. The average Bonchev–Trinajstić information content (AvgIpc) is 2.68. The molecule has 0 aliphatic rings. The number of anilines is 1. The number of nitrogen functional groups attached to an aromatic ring is 1. The number of benzene rings is 1. The molecule has 0 saturated carbocycles. The van der Waals surface area contributed by atoms with Gasteiger partial charge in [-0.25, -0.2) is 0 Å². The Morgan fingerprint density at radius 1 is 1.35 bits per heavy atom. The van der Waals surface area contributed by atoms with Gasteiger partial charge in [0.1, 0.15) is 0 Å². The zero-order valence-corrected chi connectivity index (χ0v) is 11.8. The van der Waals surface area contributed by atoms with Crippen LogP contribution in [0.15, 0.2) is 34.1 Å². The highest BCUT2D eigenvalue weighted by molar-refractivity contribution is 9.11. The number of carbonyl (C=O) groups is 1. The molecule has 4 heteroatoms. The van der Waals surface area contributed by atoms with E-state index < -0.39 is 0 Å². The van der Waals surface area contributed by atoms with Crippen molar-refractivity contribution in [3.8, 4) is 0 Å². The normalized spacial score (nSPS) is 10.5. The highest BCUT2D eigenvalue weighted by Gasteiger charge is 2.09. The SMILES string of the molecule is Cc1cc(C(=O)Cc2ccc(Br)s2)ccc1N. The number of ketones is 1. The third kappa shape index (κ3) is 2.96. The molecule has 0 radical (unpaired) electrons. The molecule has 0 saturated heterocycles. The number of rotatable bonds is 3. The van der Waals surface area contributed by atoms with Crippen molar-refractivity contribution in [1.82, 2.24) is 0 Å². The van der Waals surface area contributed by atoms with Gasteiger partial charge in [-0.05, 0) is 58.7 Å². The minimum absolute atomic E-state index is 0.127. The van der Waals surface area contributed by atoms with Gasteiger partial charge in [-0.3, -0.25) is 4.79 Å². The molecule has 0 aliphatic carbocycles. The predicted octanol–water partition coefficient (Wildman–Crippen LogP) is 3.83. The zero-order chi connectivity index (χ0) is 12.4. The Bertz CT molecular complexity index is 562. The minimum atomic E-state index is 0.127. The molecular weight excluding hydrogens is 298 g/mol. The maximum absolute atomic E-state index is 12.0. The second-order valence-electron chi connectivity index (χ2n) is 3.88. The predicted molar refractivity (Wildman–Crippen MR) is 75.6 cm³/mol. The molecule has 1 aromatic heterocycles. The van der Waals surface area contributed by atoms with Gasteiger partial charge in [0.2, 0.25) is 0 Å². The van der Waals surface area contributed by atoms with Gasteiger partial charge in [0.05, 0.1) is 3.79 Å². The number of hydrogen-bond acceptors (Lipinski definition) is 3. The van der Waals surface area contributed by atoms with E-state index in [9.17, 15) is 4.79 Å². The van der Waals surface area contributed by atoms with E-state index >= 15 is 0 Å². The maximum Gasteiger partial charge on any atom is 0.168 e. The molecule has 0 bridgehead atoms. The fourth-order valence-corrected chi connectivity index (χ4v) is 3.04. The quantitative estimate of drug-likeness (QED) is 0.691. The molecule has 88 valence electrons. The van der Waals surface area contributed by atoms with Crippen molar-refractivity contribution < 1.29 is 4.79 Å². The van der Waals surface area contributed by atoms with Crippen LogP contribution in [0.1, 0.15) is 20.8 Å². The van der Waals surface area contributed by atoms with Gasteiger partial charge >= 0.3 is 0 Å². The van der Waals surface area contributed by atoms with Gasteiger partial charge in [0.15, 0.2) is 5.78 Å². The van der Waals surface area contributed by atoms with E-state index in [-0.39, 0.29) is 5.78 Å². The Morgan fingerprint density at radius 3 is 2.71 bits per heavy atom. The van der Waals surface area contributed by atoms with Crippen molar-refractivity contribution in [3.63, 3.8) is 0 Å². The third-order valence-electron chi connectivity index (χ3n) is 2.56. The maximum atomic E-state index is 12.0. The van der Waals surface area contributed by atoms with Crippen molar-refractivity contribution in [2.45, 2.75) is 13.3 Å². The summed E-state index contributed by atoms with van der Waals surface area (Å²) >= 11 is 4.98. The zero-order valence-electron chi connectivity index (χ0n) is 9.37. The fourth-order valence-electron chi connectivity index (χ4n) is 1.56. The Labute approximate surface area is 113 Å². The lowest BCUT2D eigenvalue weighted by atomic mass is 10.0. The lowest BCUT2D eigenvalue weighted by molar-refractivity contribution is 0.0994. The van der Waals surface area contributed by atoms with E-state index in [2.05, 4.69) is 15.9 Å². The lowest BCUT2D eigenvalue weighted by Crippen LogP contribution is -2.03. The van der Waals surface area contributed by atoms with Crippen LogP contribution in [-0.2, 0) is 6.42 Å². The van der Waals surface area contributed by atoms with Crippen LogP contribution in [0.4, 0.5) is 5.69 Å². The van der Waals surface area contributed by atoms with Crippen molar-refractivity contribution in [1.29, 1.82) is 0 Å². The van der Waals surface area contributed by atoms with Crippen LogP contribution < -0.4 is 5.73 Å². The smallest absolute Gasteiger partial charge is 0.168 e. The van der Waals surface area contributed by atoms with Crippen LogP contribution >= 0.6 is 27.3 Å².